The monoisotopic (exact) mass is 350 g/mol. The van der Waals surface area contributed by atoms with E-state index in [0.29, 0.717) is 12.3 Å². The van der Waals surface area contributed by atoms with E-state index in [2.05, 4.69) is 28.2 Å². The summed E-state index contributed by atoms with van der Waals surface area (Å²) < 4.78 is 8.02. The Balaban J connectivity index is 2.22. The van der Waals surface area contributed by atoms with E-state index in [1.807, 2.05) is 41.1 Å². The molecule has 112 valence electrons. The number of hydrogen-bond donors (Lipinski definition) is 1. The molecule has 2 rings (SSSR count). The largest absolute Gasteiger partial charge is 0.380 e. The first-order valence-corrected chi connectivity index (χ1v) is 7.69. The number of carbonyl (C=O) groups is 1. The first-order chi connectivity index (χ1) is 10.2. The summed E-state index contributed by atoms with van der Waals surface area (Å²) in [6, 6.07) is 9.49. The molecule has 0 saturated heterocycles. The van der Waals surface area contributed by atoms with E-state index in [1.54, 1.807) is 7.11 Å². The van der Waals surface area contributed by atoms with Crippen LogP contribution in [0.4, 0.5) is 5.69 Å². The van der Waals surface area contributed by atoms with Gasteiger partial charge < -0.3 is 14.6 Å². The van der Waals surface area contributed by atoms with Crippen LogP contribution < -0.4 is 5.32 Å². The number of benzene rings is 1. The summed E-state index contributed by atoms with van der Waals surface area (Å²) in [6.45, 7) is 3.37. The van der Waals surface area contributed by atoms with E-state index in [1.165, 1.54) is 0 Å². The molecule has 4 nitrogen and oxygen atoms in total. The van der Waals surface area contributed by atoms with Crippen molar-refractivity contribution < 1.29 is 9.53 Å². The predicted octanol–water partition coefficient (Wildman–Crippen LogP) is 4.06. The van der Waals surface area contributed by atoms with Gasteiger partial charge in [-0.1, -0.05) is 25.1 Å². The van der Waals surface area contributed by atoms with Crippen LogP contribution in [0.3, 0.4) is 0 Å². The predicted molar refractivity (Wildman–Crippen MR) is 87.5 cm³/mol. The van der Waals surface area contributed by atoms with Gasteiger partial charge in [0.05, 0.1) is 6.61 Å². The highest BCUT2D eigenvalue weighted by Gasteiger charge is 2.14. The molecule has 1 N–H and O–H groups in total. The quantitative estimate of drug-likeness (QED) is 0.853. The molecule has 5 heteroatoms. The normalized spacial score (nSPS) is 10.6. The smallest absolute Gasteiger partial charge is 0.272 e. The Bertz CT molecular complexity index is 622. The Morgan fingerprint density at radius 2 is 2.14 bits per heavy atom. The van der Waals surface area contributed by atoms with Gasteiger partial charge in [0.1, 0.15) is 5.69 Å². The summed E-state index contributed by atoms with van der Waals surface area (Å²) in [7, 11) is 1.64. The van der Waals surface area contributed by atoms with Gasteiger partial charge in [-0.05, 0) is 34.5 Å². The van der Waals surface area contributed by atoms with E-state index in [0.717, 1.165) is 28.7 Å². The number of methoxy groups -OCH3 is 1. The molecule has 0 bridgehead atoms. The maximum atomic E-state index is 12.5. The number of aromatic nitrogens is 1. The number of halogens is 1. The molecule has 0 saturated carbocycles. The number of nitrogens with one attached hydrogen (secondary N) is 1. The van der Waals surface area contributed by atoms with Crippen molar-refractivity contribution in [2.45, 2.75) is 26.5 Å². The van der Waals surface area contributed by atoms with Crippen molar-refractivity contribution in [1.82, 2.24) is 4.57 Å². The third-order valence-corrected chi connectivity index (χ3v) is 3.56. The molecule has 1 aromatic heterocycles. The van der Waals surface area contributed by atoms with E-state index in [9.17, 15) is 4.79 Å². The highest BCUT2D eigenvalue weighted by molar-refractivity contribution is 9.10. The summed E-state index contributed by atoms with van der Waals surface area (Å²) in [5.74, 6) is -0.113. The molecular weight excluding hydrogens is 332 g/mol. The lowest BCUT2D eigenvalue weighted by molar-refractivity contribution is 0.101. The van der Waals surface area contributed by atoms with E-state index >= 15 is 0 Å². The number of rotatable bonds is 6. The SMILES string of the molecule is CCCn1cc(Br)cc1C(=O)Nc1ccccc1COC. The lowest BCUT2D eigenvalue weighted by Gasteiger charge is -2.12. The van der Waals surface area contributed by atoms with Gasteiger partial charge in [-0.3, -0.25) is 4.79 Å². The molecule has 0 aliphatic carbocycles. The topological polar surface area (TPSA) is 43.3 Å². The zero-order valence-electron chi connectivity index (χ0n) is 12.2. The Kier molecular flexibility index (Phi) is 5.59. The van der Waals surface area contributed by atoms with Crippen molar-refractivity contribution in [1.29, 1.82) is 0 Å². The van der Waals surface area contributed by atoms with Crippen LogP contribution >= 0.6 is 15.9 Å². The first kappa shape index (κ1) is 15.8. The van der Waals surface area contributed by atoms with Crippen molar-refractivity contribution in [2.75, 3.05) is 12.4 Å². The second kappa shape index (κ2) is 7.43. The number of para-hydroxylation sites is 1. The van der Waals surface area contributed by atoms with E-state index < -0.39 is 0 Å². The molecule has 21 heavy (non-hydrogen) atoms. The number of amides is 1. The van der Waals surface area contributed by atoms with Crippen LogP contribution in [0.1, 0.15) is 29.4 Å². The number of carbonyl (C=O) groups excluding carboxylic acids is 1. The van der Waals surface area contributed by atoms with E-state index in [-0.39, 0.29) is 5.91 Å². The molecule has 1 amide bonds. The highest BCUT2D eigenvalue weighted by Crippen LogP contribution is 2.20. The molecule has 0 radical (unpaired) electrons. The molecule has 1 heterocycles. The molecule has 0 spiro atoms. The van der Waals surface area contributed by atoms with Crippen molar-refractivity contribution in [3.05, 3.63) is 52.3 Å². The van der Waals surface area contributed by atoms with Crippen LogP contribution in [0, 0.1) is 0 Å². The summed E-state index contributed by atoms with van der Waals surface area (Å²) >= 11 is 3.43. The highest BCUT2D eigenvalue weighted by atomic mass is 79.9. The lowest BCUT2D eigenvalue weighted by Crippen LogP contribution is -2.17. The van der Waals surface area contributed by atoms with Crippen molar-refractivity contribution in [2.24, 2.45) is 0 Å². The Hall–Kier alpha value is -1.59. The van der Waals surface area contributed by atoms with Gasteiger partial charge in [-0.15, -0.1) is 0 Å². The fourth-order valence-electron chi connectivity index (χ4n) is 2.20. The lowest BCUT2D eigenvalue weighted by atomic mass is 10.2. The number of hydrogen-bond acceptors (Lipinski definition) is 2. The van der Waals surface area contributed by atoms with Crippen LogP contribution in [0.25, 0.3) is 0 Å². The first-order valence-electron chi connectivity index (χ1n) is 6.89. The number of anilines is 1. The van der Waals surface area contributed by atoms with Crippen LogP contribution in [-0.2, 0) is 17.9 Å². The third kappa shape index (κ3) is 3.95. The Morgan fingerprint density at radius 1 is 1.38 bits per heavy atom. The van der Waals surface area contributed by atoms with Gasteiger partial charge in [0, 0.05) is 35.6 Å². The van der Waals surface area contributed by atoms with Crippen LogP contribution in [0.15, 0.2) is 41.0 Å². The fraction of sp³-hybridized carbons (Fsp3) is 0.312. The molecule has 0 aliphatic rings. The van der Waals surface area contributed by atoms with E-state index in [4.69, 9.17) is 4.74 Å². The van der Waals surface area contributed by atoms with Gasteiger partial charge in [0.15, 0.2) is 0 Å². The molecule has 0 aliphatic heterocycles. The van der Waals surface area contributed by atoms with Crippen molar-refractivity contribution in [3.63, 3.8) is 0 Å². The maximum Gasteiger partial charge on any atom is 0.272 e. The average Bonchev–Trinajstić information content (AvgIpc) is 2.83. The van der Waals surface area contributed by atoms with Crippen molar-refractivity contribution in [3.8, 4) is 0 Å². The number of ether oxygens (including phenoxy) is 1. The van der Waals surface area contributed by atoms with Gasteiger partial charge in [-0.25, -0.2) is 0 Å². The molecule has 0 atom stereocenters. The molecule has 0 fully saturated rings. The second-order valence-corrected chi connectivity index (χ2v) is 5.70. The maximum absolute atomic E-state index is 12.5. The standard InChI is InChI=1S/C16H19BrN2O2/c1-3-8-19-10-13(17)9-15(19)16(20)18-14-7-5-4-6-12(14)11-21-2/h4-7,9-10H,3,8,11H2,1-2H3,(H,18,20). The van der Waals surface area contributed by atoms with Crippen LogP contribution in [-0.4, -0.2) is 17.6 Å². The second-order valence-electron chi connectivity index (χ2n) is 4.78. The molecule has 0 unspecified atom stereocenters. The third-order valence-electron chi connectivity index (χ3n) is 3.13. The summed E-state index contributed by atoms with van der Waals surface area (Å²) in [5.41, 5.74) is 2.39. The molecular formula is C16H19BrN2O2. The van der Waals surface area contributed by atoms with Crippen LogP contribution in [0.2, 0.25) is 0 Å². The molecule has 1 aromatic carbocycles. The minimum absolute atomic E-state index is 0.113. The minimum Gasteiger partial charge on any atom is -0.380 e. The summed E-state index contributed by atoms with van der Waals surface area (Å²) in [6.07, 6.45) is 2.90. The Labute approximate surface area is 133 Å². The fourth-order valence-corrected chi connectivity index (χ4v) is 2.67. The number of nitrogens with zero attached hydrogens (tertiary/aromatic N) is 1. The minimum atomic E-state index is -0.113. The van der Waals surface area contributed by atoms with Crippen LogP contribution in [0.5, 0.6) is 0 Å². The van der Waals surface area contributed by atoms with Gasteiger partial charge >= 0.3 is 0 Å². The molecule has 2 aromatic rings. The summed E-state index contributed by atoms with van der Waals surface area (Å²) in [4.78, 5) is 12.5. The van der Waals surface area contributed by atoms with Crippen molar-refractivity contribution >= 4 is 27.5 Å². The zero-order valence-corrected chi connectivity index (χ0v) is 13.8. The van der Waals surface area contributed by atoms with Gasteiger partial charge in [-0.2, -0.15) is 0 Å². The van der Waals surface area contributed by atoms with Gasteiger partial charge in [0.2, 0.25) is 0 Å². The summed E-state index contributed by atoms with van der Waals surface area (Å²) in [5, 5.41) is 2.96. The zero-order chi connectivity index (χ0) is 15.2. The number of aryl methyl sites for hydroxylation is 1. The Morgan fingerprint density at radius 3 is 2.86 bits per heavy atom. The van der Waals surface area contributed by atoms with Gasteiger partial charge in [0.25, 0.3) is 5.91 Å². The average molecular weight is 351 g/mol.